The zero-order valence-electron chi connectivity index (χ0n) is 13.6. The quantitative estimate of drug-likeness (QED) is 0.565. The molecule has 1 aliphatic carbocycles. The summed E-state index contributed by atoms with van der Waals surface area (Å²) in [5, 5.41) is 0. The lowest BCUT2D eigenvalue weighted by Crippen LogP contribution is -2.39. The fraction of sp³-hybridized carbons (Fsp3) is 0.944. The van der Waals surface area contributed by atoms with Crippen LogP contribution < -0.4 is 0 Å². The van der Waals surface area contributed by atoms with Crippen molar-refractivity contribution in [2.45, 2.75) is 71.6 Å². The van der Waals surface area contributed by atoms with Crippen LogP contribution in [0.25, 0.3) is 0 Å². The number of rotatable bonds is 4. The van der Waals surface area contributed by atoms with Crippen LogP contribution in [-0.4, -0.2) is 30.8 Å². The van der Waals surface area contributed by atoms with Crippen molar-refractivity contribution in [2.24, 2.45) is 17.3 Å². The van der Waals surface area contributed by atoms with E-state index in [1.165, 1.54) is 64.3 Å². The molecule has 1 atom stereocenters. The third-order valence-corrected chi connectivity index (χ3v) is 5.70. The maximum Gasteiger partial charge on any atom is 0.127 e. The monoisotopic (exact) mass is 279 g/mol. The highest BCUT2D eigenvalue weighted by atomic mass is 16.1. The minimum atomic E-state index is -0.0197. The van der Waals surface area contributed by atoms with Crippen molar-refractivity contribution in [3.63, 3.8) is 0 Å². The molecule has 2 rings (SSSR count). The zero-order valence-corrected chi connectivity index (χ0v) is 13.6. The molecular formula is C18H33NO. The highest BCUT2D eigenvalue weighted by molar-refractivity contribution is 5.59. The summed E-state index contributed by atoms with van der Waals surface area (Å²) < 4.78 is 0. The Morgan fingerprint density at radius 2 is 1.75 bits per heavy atom. The molecule has 0 radical (unpaired) electrons. The number of hydrogen-bond acceptors (Lipinski definition) is 2. The molecule has 0 N–H and O–H groups in total. The Morgan fingerprint density at radius 1 is 1.05 bits per heavy atom. The Balaban J connectivity index is 1.92. The van der Waals surface area contributed by atoms with Crippen molar-refractivity contribution in [3.05, 3.63) is 0 Å². The van der Waals surface area contributed by atoms with Gasteiger partial charge in [0.2, 0.25) is 0 Å². The van der Waals surface area contributed by atoms with Crippen molar-refractivity contribution in [1.82, 2.24) is 4.90 Å². The molecule has 116 valence electrons. The summed E-state index contributed by atoms with van der Waals surface area (Å²) in [4.78, 5) is 14.3. The third kappa shape index (κ3) is 4.31. The first kappa shape index (κ1) is 16.0. The minimum Gasteiger partial charge on any atom is -0.303 e. The third-order valence-electron chi connectivity index (χ3n) is 5.70. The van der Waals surface area contributed by atoms with Gasteiger partial charge in [-0.15, -0.1) is 0 Å². The van der Waals surface area contributed by atoms with Crippen LogP contribution in [0.1, 0.15) is 71.6 Å². The summed E-state index contributed by atoms with van der Waals surface area (Å²) in [5.41, 5.74) is -0.0197. The summed E-state index contributed by atoms with van der Waals surface area (Å²) in [6.45, 7) is 8.16. The lowest BCUT2D eigenvalue weighted by molar-refractivity contribution is -0.118. The Morgan fingerprint density at radius 3 is 2.35 bits per heavy atom. The van der Waals surface area contributed by atoms with Crippen LogP contribution >= 0.6 is 0 Å². The van der Waals surface area contributed by atoms with Gasteiger partial charge in [0.25, 0.3) is 0 Å². The molecule has 0 aromatic carbocycles. The van der Waals surface area contributed by atoms with Gasteiger partial charge < -0.3 is 9.69 Å². The van der Waals surface area contributed by atoms with Crippen LogP contribution in [0.2, 0.25) is 0 Å². The molecule has 0 aromatic heterocycles. The Hall–Kier alpha value is -0.370. The molecule has 2 nitrogen and oxygen atoms in total. The first-order valence-corrected chi connectivity index (χ1v) is 8.84. The average molecular weight is 279 g/mol. The van der Waals surface area contributed by atoms with E-state index in [1.54, 1.807) is 0 Å². The Labute approximate surface area is 125 Å². The highest BCUT2D eigenvalue weighted by Gasteiger charge is 2.33. The molecular weight excluding hydrogens is 246 g/mol. The van der Waals surface area contributed by atoms with Crippen molar-refractivity contribution in [2.75, 3.05) is 19.6 Å². The van der Waals surface area contributed by atoms with Crippen LogP contribution in [0.4, 0.5) is 0 Å². The van der Waals surface area contributed by atoms with Gasteiger partial charge in [-0.1, -0.05) is 39.5 Å². The van der Waals surface area contributed by atoms with Gasteiger partial charge in [-0.3, -0.25) is 0 Å². The van der Waals surface area contributed by atoms with Gasteiger partial charge in [0.05, 0.1) is 0 Å². The molecule has 0 aromatic rings. The lowest BCUT2D eigenvalue weighted by atomic mass is 9.81. The van der Waals surface area contributed by atoms with Crippen molar-refractivity contribution < 1.29 is 4.79 Å². The molecule has 2 fully saturated rings. The van der Waals surface area contributed by atoms with Crippen LogP contribution in [-0.2, 0) is 4.79 Å². The maximum atomic E-state index is 11.7. The molecule has 20 heavy (non-hydrogen) atoms. The standard InChI is InChI=1S/C18H33NO/c1-16(2)17-8-7-12-19(13-9-17)14-18(15-20)10-5-3-4-6-11-18/h15-17H,3-14H2,1-2H3. The molecule has 0 bridgehead atoms. The van der Waals surface area contributed by atoms with Crippen LogP contribution in [0, 0.1) is 17.3 Å². The molecule has 0 amide bonds. The number of carbonyl (C=O) groups excluding carboxylic acids is 1. The van der Waals surface area contributed by atoms with Gasteiger partial charge in [0.15, 0.2) is 0 Å². The lowest BCUT2D eigenvalue weighted by Gasteiger charge is -2.33. The van der Waals surface area contributed by atoms with Crippen LogP contribution in [0.5, 0.6) is 0 Å². The van der Waals surface area contributed by atoms with E-state index in [1.807, 2.05) is 0 Å². The van der Waals surface area contributed by atoms with Gasteiger partial charge in [-0.2, -0.15) is 0 Å². The largest absolute Gasteiger partial charge is 0.303 e. The molecule has 1 heterocycles. The number of hydrogen-bond donors (Lipinski definition) is 0. The van der Waals surface area contributed by atoms with Crippen LogP contribution in [0.3, 0.4) is 0 Å². The number of aldehydes is 1. The summed E-state index contributed by atoms with van der Waals surface area (Å²) >= 11 is 0. The van der Waals surface area contributed by atoms with E-state index in [4.69, 9.17) is 0 Å². The number of nitrogens with zero attached hydrogens (tertiary/aromatic N) is 1. The van der Waals surface area contributed by atoms with Crippen LogP contribution in [0.15, 0.2) is 0 Å². The zero-order chi connectivity index (χ0) is 14.4. The molecule has 1 unspecified atom stereocenters. The minimum absolute atomic E-state index is 0.0197. The molecule has 2 heteroatoms. The second-order valence-corrected chi connectivity index (χ2v) is 7.61. The average Bonchev–Trinajstić information content (AvgIpc) is 2.80. The summed E-state index contributed by atoms with van der Waals surface area (Å²) in [7, 11) is 0. The first-order valence-electron chi connectivity index (χ1n) is 8.84. The van der Waals surface area contributed by atoms with Gasteiger partial charge in [0, 0.05) is 12.0 Å². The van der Waals surface area contributed by atoms with E-state index in [-0.39, 0.29) is 5.41 Å². The predicted molar refractivity (Wildman–Crippen MR) is 84.8 cm³/mol. The topological polar surface area (TPSA) is 20.3 Å². The highest BCUT2D eigenvalue weighted by Crippen LogP contribution is 2.35. The normalized spacial score (nSPS) is 28.9. The molecule has 2 aliphatic rings. The molecule has 0 spiro atoms. The summed E-state index contributed by atoms with van der Waals surface area (Å²) in [6, 6.07) is 0. The van der Waals surface area contributed by atoms with Crippen molar-refractivity contribution in [1.29, 1.82) is 0 Å². The van der Waals surface area contributed by atoms with Gasteiger partial charge in [-0.05, 0) is 57.0 Å². The fourth-order valence-electron chi connectivity index (χ4n) is 4.20. The number of carbonyl (C=O) groups is 1. The molecule has 1 saturated heterocycles. The molecule has 1 saturated carbocycles. The molecule has 1 aliphatic heterocycles. The van der Waals surface area contributed by atoms with E-state index in [0.29, 0.717) is 0 Å². The maximum absolute atomic E-state index is 11.7. The number of likely N-dealkylation sites (tertiary alicyclic amines) is 1. The summed E-state index contributed by atoms with van der Waals surface area (Å²) in [5.74, 6) is 1.70. The first-order chi connectivity index (χ1) is 9.65. The van der Waals surface area contributed by atoms with Gasteiger partial charge >= 0.3 is 0 Å². The smallest absolute Gasteiger partial charge is 0.127 e. The summed E-state index contributed by atoms with van der Waals surface area (Å²) in [6.07, 6.45) is 12.7. The fourth-order valence-corrected chi connectivity index (χ4v) is 4.20. The van der Waals surface area contributed by atoms with E-state index < -0.39 is 0 Å². The van der Waals surface area contributed by atoms with E-state index in [0.717, 1.165) is 31.2 Å². The SMILES string of the molecule is CC(C)C1CCCN(CC2(C=O)CCCCCC2)CC1. The predicted octanol–water partition coefficient (Wildman–Crippen LogP) is 4.28. The van der Waals surface area contributed by atoms with Crippen molar-refractivity contribution >= 4 is 6.29 Å². The Bertz CT molecular complexity index is 292. The Kier molecular flexibility index (Phi) is 6.07. The van der Waals surface area contributed by atoms with Gasteiger partial charge in [-0.25, -0.2) is 0 Å². The van der Waals surface area contributed by atoms with E-state index in [2.05, 4.69) is 18.7 Å². The van der Waals surface area contributed by atoms with E-state index in [9.17, 15) is 4.79 Å². The van der Waals surface area contributed by atoms with E-state index >= 15 is 0 Å². The van der Waals surface area contributed by atoms with Crippen molar-refractivity contribution in [3.8, 4) is 0 Å². The second-order valence-electron chi connectivity index (χ2n) is 7.61. The van der Waals surface area contributed by atoms with Gasteiger partial charge in [0.1, 0.15) is 6.29 Å². The second kappa shape index (κ2) is 7.59.